The van der Waals surface area contributed by atoms with Gasteiger partial charge in [0.15, 0.2) is 9.84 Å². The summed E-state index contributed by atoms with van der Waals surface area (Å²) in [4.78, 5) is 26.5. The maximum atomic E-state index is 12.7. The van der Waals surface area contributed by atoms with E-state index in [0.29, 0.717) is 19.3 Å². The van der Waals surface area contributed by atoms with Gasteiger partial charge in [0.05, 0.1) is 11.5 Å². The first kappa shape index (κ1) is 16.3. The van der Waals surface area contributed by atoms with Crippen LogP contribution < -0.4 is 5.32 Å². The number of piperazine rings is 1. The van der Waals surface area contributed by atoms with Gasteiger partial charge in [-0.3, -0.25) is 9.59 Å². The molecule has 0 radical (unpaired) electrons. The van der Waals surface area contributed by atoms with Gasteiger partial charge in [-0.25, -0.2) is 8.42 Å². The zero-order valence-electron chi connectivity index (χ0n) is 12.8. The fourth-order valence-corrected chi connectivity index (χ4v) is 4.94. The number of hydrogen-bond donors (Lipinski definition) is 1. The molecule has 0 aromatic rings. The van der Waals surface area contributed by atoms with Gasteiger partial charge in [0.25, 0.3) is 0 Å². The quantitative estimate of drug-likeness (QED) is 0.810. The van der Waals surface area contributed by atoms with Gasteiger partial charge in [-0.05, 0) is 25.2 Å². The molecule has 2 fully saturated rings. The molecule has 2 amide bonds. The highest BCUT2D eigenvalue weighted by molar-refractivity contribution is 7.91. The molecule has 0 saturated carbocycles. The Balaban J connectivity index is 2.25. The summed E-state index contributed by atoms with van der Waals surface area (Å²) in [5, 5.41) is 2.79. The second-order valence-corrected chi connectivity index (χ2v) is 8.65. The summed E-state index contributed by atoms with van der Waals surface area (Å²) in [6.07, 6.45) is 1.52. The maximum absolute atomic E-state index is 12.7. The first-order valence-electron chi connectivity index (χ1n) is 7.58. The molecule has 0 bridgehead atoms. The van der Waals surface area contributed by atoms with Crippen LogP contribution in [0.15, 0.2) is 0 Å². The summed E-state index contributed by atoms with van der Waals surface area (Å²) in [5.74, 6) is 0.0847. The zero-order valence-corrected chi connectivity index (χ0v) is 13.6. The van der Waals surface area contributed by atoms with Gasteiger partial charge >= 0.3 is 0 Å². The van der Waals surface area contributed by atoms with Crippen LogP contribution in [0.3, 0.4) is 0 Å². The molecule has 1 N–H and O–H groups in total. The van der Waals surface area contributed by atoms with Crippen LogP contribution in [-0.2, 0) is 19.4 Å². The molecule has 7 heteroatoms. The fourth-order valence-electron chi connectivity index (χ4n) is 3.23. The number of carbonyl (C=O) groups is 2. The Morgan fingerprint density at radius 1 is 1.33 bits per heavy atom. The molecule has 3 unspecified atom stereocenters. The van der Waals surface area contributed by atoms with Crippen molar-refractivity contribution in [1.82, 2.24) is 10.2 Å². The number of nitrogens with zero attached hydrogens (tertiary/aromatic N) is 1. The van der Waals surface area contributed by atoms with E-state index in [1.54, 1.807) is 4.90 Å². The van der Waals surface area contributed by atoms with Crippen molar-refractivity contribution in [2.75, 3.05) is 11.5 Å². The first-order chi connectivity index (χ1) is 9.75. The molecule has 21 heavy (non-hydrogen) atoms. The highest BCUT2D eigenvalue weighted by atomic mass is 32.2. The third kappa shape index (κ3) is 3.39. The van der Waals surface area contributed by atoms with E-state index in [1.807, 2.05) is 20.8 Å². The predicted octanol–water partition coefficient (Wildman–Crippen LogP) is 0.325. The van der Waals surface area contributed by atoms with E-state index in [-0.39, 0.29) is 35.3 Å². The highest BCUT2D eigenvalue weighted by Crippen LogP contribution is 2.26. The lowest BCUT2D eigenvalue weighted by Crippen LogP contribution is -2.66. The fraction of sp³-hybridized carbons (Fsp3) is 0.857. The summed E-state index contributed by atoms with van der Waals surface area (Å²) in [6, 6.07) is -1.42. The van der Waals surface area contributed by atoms with E-state index in [9.17, 15) is 18.0 Å². The molecule has 0 aliphatic carbocycles. The van der Waals surface area contributed by atoms with Crippen molar-refractivity contribution in [3.63, 3.8) is 0 Å². The minimum Gasteiger partial charge on any atom is -0.342 e. The molecule has 2 heterocycles. The van der Waals surface area contributed by atoms with Gasteiger partial charge in [0.2, 0.25) is 11.8 Å². The van der Waals surface area contributed by atoms with Crippen LogP contribution in [0.25, 0.3) is 0 Å². The topological polar surface area (TPSA) is 83.6 Å². The van der Waals surface area contributed by atoms with Crippen molar-refractivity contribution in [1.29, 1.82) is 0 Å². The Hall–Kier alpha value is -1.11. The van der Waals surface area contributed by atoms with E-state index in [0.717, 1.165) is 0 Å². The van der Waals surface area contributed by atoms with Gasteiger partial charge in [-0.1, -0.05) is 20.8 Å². The summed E-state index contributed by atoms with van der Waals surface area (Å²) in [7, 11) is -3.08. The molecular formula is C14H24N2O4S. The van der Waals surface area contributed by atoms with Crippen molar-refractivity contribution >= 4 is 21.7 Å². The standard InChI is InChI=1S/C14H24N2O4S/c1-4-12-13(17)15-11(7-9(2)3)14(18)16(12)10-5-6-21(19,20)8-10/h9-12H,4-8H2,1-3H3,(H,15,17). The predicted molar refractivity (Wildman–Crippen MR) is 79.4 cm³/mol. The molecule has 2 aliphatic heterocycles. The van der Waals surface area contributed by atoms with Crippen LogP contribution in [0.5, 0.6) is 0 Å². The first-order valence-corrected chi connectivity index (χ1v) is 9.40. The van der Waals surface area contributed by atoms with Gasteiger partial charge in [-0.2, -0.15) is 0 Å². The number of sulfone groups is 1. The highest BCUT2D eigenvalue weighted by Gasteiger charge is 2.45. The summed E-state index contributed by atoms with van der Waals surface area (Å²) in [5.41, 5.74) is 0. The van der Waals surface area contributed by atoms with Crippen LogP contribution in [0.1, 0.15) is 40.0 Å². The molecule has 2 aliphatic rings. The lowest BCUT2D eigenvalue weighted by atomic mass is 9.96. The summed E-state index contributed by atoms with van der Waals surface area (Å²) >= 11 is 0. The lowest BCUT2D eigenvalue weighted by molar-refractivity contribution is -0.152. The average molecular weight is 316 g/mol. The Morgan fingerprint density at radius 2 is 2.00 bits per heavy atom. The van der Waals surface area contributed by atoms with Crippen molar-refractivity contribution in [3.8, 4) is 0 Å². The largest absolute Gasteiger partial charge is 0.342 e. The monoisotopic (exact) mass is 316 g/mol. The average Bonchev–Trinajstić information content (AvgIpc) is 2.72. The molecule has 6 nitrogen and oxygen atoms in total. The maximum Gasteiger partial charge on any atom is 0.246 e. The van der Waals surface area contributed by atoms with E-state index in [2.05, 4.69) is 5.32 Å². The Kier molecular flexibility index (Phi) is 4.60. The van der Waals surface area contributed by atoms with Crippen molar-refractivity contribution in [2.24, 2.45) is 5.92 Å². The normalized spacial score (nSPS) is 32.6. The van der Waals surface area contributed by atoms with Crippen LogP contribution in [0, 0.1) is 5.92 Å². The van der Waals surface area contributed by atoms with E-state index in [4.69, 9.17) is 0 Å². The van der Waals surface area contributed by atoms with Gasteiger partial charge in [-0.15, -0.1) is 0 Å². The molecule has 2 saturated heterocycles. The second kappa shape index (κ2) is 5.94. The number of nitrogens with one attached hydrogen (secondary N) is 1. The molecule has 2 rings (SSSR count). The second-order valence-electron chi connectivity index (χ2n) is 6.42. The molecule has 3 atom stereocenters. The minimum absolute atomic E-state index is 0.0169. The van der Waals surface area contributed by atoms with Crippen molar-refractivity contribution < 1.29 is 18.0 Å². The van der Waals surface area contributed by atoms with Gasteiger partial charge < -0.3 is 10.2 Å². The summed E-state index contributed by atoms with van der Waals surface area (Å²) < 4.78 is 23.4. The van der Waals surface area contributed by atoms with Gasteiger partial charge in [0.1, 0.15) is 12.1 Å². The Bertz CT molecular complexity index is 529. The Labute approximate surface area is 126 Å². The number of carbonyl (C=O) groups excluding carboxylic acids is 2. The third-order valence-electron chi connectivity index (χ3n) is 4.20. The van der Waals surface area contributed by atoms with Crippen LogP contribution in [0.4, 0.5) is 0 Å². The summed E-state index contributed by atoms with van der Waals surface area (Å²) in [6.45, 7) is 5.84. The molecule has 120 valence electrons. The van der Waals surface area contributed by atoms with Gasteiger partial charge in [0, 0.05) is 6.04 Å². The number of hydrogen-bond acceptors (Lipinski definition) is 4. The Morgan fingerprint density at radius 3 is 2.48 bits per heavy atom. The van der Waals surface area contributed by atoms with E-state index >= 15 is 0 Å². The van der Waals surface area contributed by atoms with E-state index in [1.165, 1.54) is 0 Å². The van der Waals surface area contributed by atoms with Crippen molar-refractivity contribution in [3.05, 3.63) is 0 Å². The molecule has 0 spiro atoms. The molecule has 0 aromatic carbocycles. The van der Waals surface area contributed by atoms with E-state index < -0.39 is 21.9 Å². The van der Waals surface area contributed by atoms with Crippen LogP contribution in [0.2, 0.25) is 0 Å². The van der Waals surface area contributed by atoms with Crippen molar-refractivity contribution in [2.45, 2.75) is 58.2 Å². The van der Waals surface area contributed by atoms with Crippen LogP contribution in [-0.4, -0.2) is 54.8 Å². The number of rotatable bonds is 4. The molecular weight excluding hydrogens is 292 g/mol. The minimum atomic E-state index is -3.08. The zero-order chi connectivity index (χ0) is 15.8. The number of amides is 2. The smallest absolute Gasteiger partial charge is 0.246 e. The SMILES string of the molecule is CCC1C(=O)NC(CC(C)C)C(=O)N1C1CCS(=O)(=O)C1. The lowest BCUT2D eigenvalue weighted by Gasteiger charge is -2.42. The van der Waals surface area contributed by atoms with Crippen LogP contribution >= 0.6 is 0 Å². The molecule has 0 aromatic heterocycles. The third-order valence-corrected chi connectivity index (χ3v) is 5.95.